The number of benzene rings is 2. The van der Waals surface area contributed by atoms with Crippen molar-refractivity contribution in [1.29, 1.82) is 0 Å². The molecule has 5 rings (SSSR count). The predicted molar refractivity (Wildman–Crippen MR) is 160 cm³/mol. The van der Waals surface area contributed by atoms with Gasteiger partial charge in [0.2, 0.25) is 5.91 Å². The lowest BCUT2D eigenvalue weighted by molar-refractivity contribution is -0.126. The van der Waals surface area contributed by atoms with Crippen LogP contribution in [0.3, 0.4) is 0 Å². The Kier molecular flexibility index (Phi) is 8.67. The smallest absolute Gasteiger partial charge is 0.254 e. The van der Waals surface area contributed by atoms with Gasteiger partial charge in [0.15, 0.2) is 23.0 Å². The van der Waals surface area contributed by atoms with Crippen molar-refractivity contribution < 1.29 is 18.7 Å². The Balaban J connectivity index is 1.25. The number of carbonyl (C=O) groups is 2. The molecule has 10 nitrogen and oxygen atoms in total. The molecule has 0 spiro atoms. The molecule has 42 heavy (non-hydrogen) atoms. The predicted octanol–water partition coefficient (Wildman–Crippen LogP) is 4.13. The zero-order chi connectivity index (χ0) is 29.8. The number of carbonyl (C=O) groups excluding carboxylic acids is 2. The number of likely N-dealkylation sites (tertiary alicyclic amines) is 1. The SMILES string of the molecule is COc1ccc(-c2cnc3c(Nc4ccc(C(=O)N5CCC(C(=O)NCCN(C)C)CC5)c(C)c4)nccn23)cc1F. The summed E-state index contributed by atoms with van der Waals surface area (Å²) >= 11 is 0. The van der Waals surface area contributed by atoms with Crippen LogP contribution in [0.2, 0.25) is 0 Å². The zero-order valence-corrected chi connectivity index (χ0v) is 24.4. The molecule has 0 radical (unpaired) electrons. The van der Waals surface area contributed by atoms with Gasteiger partial charge in [-0.1, -0.05) is 0 Å². The second-order valence-corrected chi connectivity index (χ2v) is 10.8. The van der Waals surface area contributed by atoms with E-state index in [4.69, 9.17) is 4.74 Å². The minimum absolute atomic E-state index is 0.0321. The van der Waals surface area contributed by atoms with E-state index in [-0.39, 0.29) is 23.5 Å². The van der Waals surface area contributed by atoms with Crippen molar-refractivity contribution in [3.05, 3.63) is 71.9 Å². The van der Waals surface area contributed by atoms with Gasteiger partial charge in [-0.3, -0.25) is 14.0 Å². The first-order valence-corrected chi connectivity index (χ1v) is 14.0. The van der Waals surface area contributed by atoms with Gasteiger partial charge in [-0.2, -0.15) is 0 Å². The Labute approximate surface area is 244 Å². The highest BCUT2D eigenvalue weighted by Gasteiger charge is 2.28. The molecule has 0 atom stereocenters. The fourth-order valence-corrected chi connectivity index (χ4v) is 5.23. The van der Waals surface area contributed by atoms with E-state index >= 15 is 0 Å². The number of nitrogens with one attached hydrogen (secondary N) is 2. The third-order valence-corrected chi connectivity index (χ3v) is 7.61. The largest absolute Gasteiger partial charge is 0.494 e. The topological polar surface area (TPSA) is 104 Å². The fraction of sp³-hybridized carbons (Fsp3) is 0.355. The number of halogens is 1. The summed E-state index contributed by atoms with van der Waals surface area (Å²) in [6.07, 6.45) is 6.41. The first-order chi connectivity index (χ1) is 20.2. The highest BCUT2D eigenvalue weighted by atomic mass is 19.1. The third kappa shape index (κ3) is 6.20. The number of nitrogens with zero attached hydrogens (tertiary/aromatic N) is 5. The number of aromatic nitrogens is 3. The monoisotopic (exact) mass is 573 g/mol. The summed E-state index contributed by atoms with van der Waals surface area (Å²) in [5.41, 5.74) is 4.17. The summed E-state index contributed by atoms with van der Waals surface area (Å²) in [4.78, 5) is 38.7. The molecule has 1 fully saturated rings. The first-order valence-electron chi connectivity index (χ1n) is 14.0. The molecule has 1 saturated heterocycles. The van der Waals surface area contributed by atoms with Crippen LogP contribution in [-0.4, -0.2) is 83.4 Å². The molecule has 1 aliphatic rings. The number of fused-ring (bicyclic) bond motifs is 1. The second kappa shape index (κ2) is 12.6. The highest BCUT2D eigenvalue weighted by molar-refractivity contribution is 5.96. The van der Waals surface area contributed by atoms with Crippen LogP contribution in [0.5, 0.6) is 5.75 Å². The Morgan fingerprint density at radius 2 is 1.90 bits per heavy atom. The van der Waals surface area contributed by atoms with Gasteiger partial charge in [0.25, 0.3) is 5.91 Å². The molecular formula is C31H36FN7O3. The fourth-order valence-electron chi connectivity index (χ4n) is 5.23. The van der Waals surface area contributed by atoms with Gasteiger partial charge in [0.1, 0.15) is 0 Å². The lowest BCUT2D eigenvalue weighted by Crippen LogP contribution is -2.44. The maximum Gasteiger partial charge on any atom is 0.254 e. The first kappa shape index (κ1) is 29.0. The standard InChI is InChI=1S/C31H36FN7O3/c1-20-17-23(6-7-24(20)31(41)38-13-9-21(10-14-38)30(40)34-11-15-37(2)3)36-28-29-35-19-26(39(29)16-12-33-28)22-5-8-27(42-4)25(32)18-22/h5-8,12,16-19,21H,9-11,13-15H2,1-4H3,(H,33,36)(H,34,40). The van der Waals surface area contributed by atoms with Gasteiger partial charge < -0.3 is 25.2 Å². The molecule has 4 aromatic rings. The number of anilines is 2. The molecule has 11 heteroatoms. The molecule has 2 aromatic heterocycles. The van der Waals surface area contributed by atoms with E-state index in [2.05, 4.69) is 20.6 Å². The third-order valence-electron chi connectivity index (χ3n) is 7.61. The molecule has 220 valence electrons. The maximum absolute atomic E-state index is 14.3. The normalized spacial score (nSPS) is 13.9. The Bertz CT molecular complexity index is 1590. The average Bonchev–Trinajstić information content (AvgIpc) is 3.42. The van der Waals surface area contributed by atoms with Crippen LogP contribution in [0.15, 0.2) is 55.0 Å². The molecule has 0 saturated carbocycles. The molecule has 2 amide bonds. The Morgan fingerprint density at radius 1 is 1.12 bits per heavy atom. The lowest BCUT2D eigenvalue weighted by atomic mass is 9.95. The van der Waals surface area contributed by atoms with Crippen molar-refractivity contribution in [3.8, 4) is 17.0 Å². The van der Waals surface area contributed by atoms with Crippen molar-refractivity contribution in [2.45, 2.75) is 19.8 Å². The van der Waals surface area contributed by atoms with Crippen molar-refractivity contribution in [2.75, 3.05) is 52.7 Å². The maximum atomic E-state index is 14.3. The van der Waals surface area contributed by atoms with Crippen molar-refractivity contribution in [3.63, 3.8) is 0 Å². The van der Waals surface area contributed by atoms with Gasteiger partial charge in [-0.05, 0) is 75.8 Å². The number of imidazole rings is 1. The van der Waals surface area contributed by atoms with E-state index in [0.717, 1.165) is 17.8 Å². The molecule has 1 aliphatic heterocycles. The van der Waals surface area contributed by atoms with Crippen LogP contribution in [0.4, 0.5) is 15.9 Å². The number of hydrogen-bond acceptors (Lipinski definition) is 7. The molecule has 2 aromatic carbocycles. The van der Waals surface area contributed by atoms with Gasteiger partial charge in [0.05, 0.1) is 19.0 Å². The van der Waals surface area contributed by atoms with Gasteiger partial charge >= 0.3 is 0 Å². The van der Waals surface area contributed by atoms with E-state index in [1.807, 2.05) is 53.4 Å². The summed E-state index contributed by atoms with van der Waals surface area (Å²) in [6, 6.07) is 10.4. The van der Waals surface area contributed by atoms with E-state index in [0.29, 0.717) is 60.8 Å². The highest BCUT2D eigenvalue weighted by Crippen LogP contribution is 2.29. The van der Waals surface area contributed by atoms with E-state index in [9.17, 15) is 14.0 Å². The lowest BCUT2D eigenvalue weighted by Gasteiger charge is -2.32. The number of likely N-dealkylation sites (N-methyl/N-ethyl adjacent to an activating group) is 1. The number of aryl methyl sites for hydroxylation is 1. The second-order valence-electron chi connectivity index (χ2n) is 10.8. The summed E-state index contributed by atoms with van der Waals surface area (Å²) in [6.45, 7) is 4.43. The summed E-state index contributed by atoms with van der Waals surface area (Å²) in [5.74, 6) is 0.230. The van der Waals surface area contributed by atoms with Crippen LogP contribution in [-0.2, 0) is 4.79 Å². The Hall–Kier alpha value is -4.51. The van der Waals surface area contributed by atoms with Crippen molar-refractivity contribution in [1.82, 2.24) is 29.5 Å². The van der Waals surface area contributed by atoms with Crippen LogP contribution in [0.1, 0.15) is 28.8 Å². The van der Waals surface area contributed by atoms with Crippen molar-refractivity contribution >= 4 is 29.0 Å². The van der Waals surface area contributed by atoms with Crippen LogP contribution in [0, 0.1) is 18.7 Å². The molecule has 0 unspecified atom stereocenters. The van der Waals surface area contributed by atoms with Crippen LogP contribution in [0.25, 0.3) is 16.9 Å². The average molecular weight is 574 g/mol. The van der Waals surface area contributed by atoms with E-state index in [1.165, 1.54) is 13.2 Å². The summed E-state index contributed by atoms with van der Waals surface area (Å²) < 4.78 is 21.2. The van der Waals surface area contributed by atoms with Crippen molar-refractivity contribution in [2.24, 2.45) is 5.92 Å². The Morgan fingerprint density at radius 3 is 2.60 bits per heavy atom. The zero-order valence-electron chi connectivity index (χ0n) is 24.4. The van der Waals surface area contributed by atoms with Crippen LogP contribution < -0.4 is 15.4 Å². The summed E-state index contributed by atoms with van der Waals surface area (Å²) in [7, 11) is 5.38. The number of methoxy groups -OCH3 is 1. The van der Waals surface area contributed by atoms with Gasteiger partial charge in [-0.25, -0.2) is 14.4 Å². The minimum atomic E-state index is -0.451. The molecule has 3 heterocycles. The molecular weight excluding hydrogens is 537 g/mol. The van der Waals surface area contributed by atoms with Gasteiger partial charge in [0, 0.05) is 61.3 Å². The quantitative estimate of drug-likeness (QED) is 0.310. The molecule has 2 N–H and O–H groups in total. The number of ether oxygens (including phenoxy) is 1. The number of hydrogen-bond donors (Lipinski definition) is 2. The molecule has 0 aliphatic carbocycles. The van der Waals surface area contributed by atoms with E-state index in [1.54, 1.807) is 30.7 Å². The van der Waals surface area contributed by atoms with Crippen LogP contribution >= 0.6 is 0 Å². The van der Waals surface area contributed by atoms with Gasteiger partial charge in [-0.15, -0.1) is 0 Å². The number of rotatable bonds is 9. The van der Waals surface area contributed by atoms with E-state index < -0.39 is 5.82 Å². The minimum Gasteiger partial charge on any atom is -0.494 e. The number of piperidine rings is 1. The molecule has 0 bridgehead atoms. The summed E-state index contributed by atoms with van der Waals surface area (Å²) in [5, 5.41) is 6.31. The number of amides is 2.